The van der Waals surface area contributed by atoms with Crippen LogP contribution in [0.25, 0.3) is 0 Å². The lowest BCUT2D eigenvalue weighted by Gasteiger charge is -2.15. The predicted octanol–water partition coefficient (Wildman–Crippen LogP) is 1.94. The molecular weight excluding hydrogens is 216 g/mol. The molecule has 1 aliphatic heterocycles. The third kappa shape index (κ3) is 1.55. The smallest absolute Gasteiger partial charge is 0.231 e. The molecule has 0 radical (unpaired) electrons. The molecule has 1 unspecified atom stereocenters. The van der Waals surface area contributed by atoms with Crippen molar-refractivity contribution in [3.63, 3.8) is 0 Å². The zero-order chi connectivity index (χ0) is 11.9. The molecule has 0 aromatic heterocycles. The number of nitroso groups, excluding NO2 is 1. The van der Waals surface area contributed by atoms with Crippen LogP contribution in [-0.4, -0.2) is 23.4 Å². The molecule has 88 valence electrons. The molecule has 1 amide bonds. The fourth-order valence-corrected chi connectivity index (χ4v) is 2.68. The Kier molecular flexibility index (Phi) is 2.24. The van der Waals surface area contributed by atoms with Crippen LogP contribution in [0.2, 0.25) is 0 Å². The van der Waals surface area contributed by atoms with Crippen LogP contribution in [0.3, 0.4) is 0 Å². The highest BCUT2D eigenvalue weighted by Gasteiger charge is 2.63. The molecule has 1 heterocycles. The summed E-state index contributed by atoms with van der Waals surface area (Å²) in [5, 5.41) is 3.13. The Morgan fingerprint density at radius 3 is 2.53 bits per heavy atom. The zero-order valence-electron chi connectivity index (χ0n) is 9.50. The van der Waals surface area contributed by atoms with Crippen molar-refractivity contribution in [1.82, 2.24) is 4.90 Å². The fraction of sp³-hybridized carbons (Fsp3) is 0.462. The van der Waals surface area contributed by atoms with Gasteiger partial charge in [-0.3, -0.25) is 4.79 Å². The van der Waals surface area contributed by atoms with E-state index in [9.17, 15) is 9.70 Å². The molecule has 0 N–H and O–H groups in total. The van der Waals surface area contributed by atoms with Crippen LogP contribution in [0.15, 0.2) is 35.5 Å². The van der Waals surface area contributed by atoms with E-state index in [1.54, 1.807) is 4.90 Å². The largest absolute Gasteiger partial charge is 0.336 e. The summed E-state index contributed by atoms with van der Waals surface area (Å²) in [5.41, 5.74) is 0.680. The van der Waals surface area contributed by atoms with Crippen LogP contribution < -0.4 is 0 Å². The summed E-state index contributed by atoms with van der Waals surface area (Å²) < 4.78 is 0. The fourth-order valence-electron chi connectivity index (χ4n) is 2.68. The van der Waals surface area contributed by atoms with Gasteiger partial charge in [-0.05, 0) is 18.4 Å². The first-order valence-electron chi connectivity index (χ1n) is 5.92. The molecule has 3 rings (SSSR count). The van der Waals surface area contributed by atoms with E-state index in [2.05, 4.69) is 5.18 Å². The molecule has 1 aliphatic carbocycles. The monoisotopic (exact) mass is 230 g/mol. The topological polar surface area (TPSA) is 49.7 Å². The Morgan fingerprint density at radius 2 is 2.00 bits per heavy atom. The molecule has 2 fully saturated rings. The number of amides is 1. The van der Waals surface area contributed by atoms with Crippen LogP contribution in [0.5, 0.6) is 0 Å². The lowest BCUT2D eigenvalue weighted by Crippen LogP contribution is -2.27. The molecule has 1 saturated heterocycles. The maximum Gasteiger partial charge on any atom is 0.231 e. The number of hydrogen-bond acceptors (Lipinski definition) is 3. The average molecular weight is 230 g/mol. The van der Waals surface area contributed by atoms with Gasteiger partial charge in [0.05, 0.1) is 5.41 Å². The van der Waals surface area contributed by atoms with Gasteiger partial charge in [0.25, 0.3) is 0 Å². The first-order chi connectivity index (χ1) is 8.26. The van der Waals surface area contributed by atoms with Gasteiger partial charge in [-0.1, -0.05) is 35.5 Å². The number of carbonyl (C=O) groups is 1. The number of nitrogens with zero attached hydrogens (tertiary/aromatic N) is 2. The highest BCUT2D eigenvalue weighted by atomic mass is 16.3. The molecule has 1 aromatic rings. The first-order valence-corrected chi connectivity index (χ1v) is 5.92. The molecule has 1 aromatic carbocycles. The van der Waals surface area contributed by atoms with Gasteiger partial charge in [0.15, 0.2) is 0 Å². The molecule has 1 saturated carbocycles. The number of carbonyl (C=O) groups excluding carboxylic acids is 1. The molecule has 1 spiro atoms. The van der Waals surface area contributed by atoms with Gasteiger partial charge in [0.2, 0.25) is 5.91 Å². The van der Waals surface area contributed by atoms with Crippen molar-refractivity contribution in [2.75, 3.05) is 6.54 Å². The Labute approximate surface area is 99.6 Å². The summed E-state index contributed by atoms with van der Waals surface area (Å²) in [5.74, 6) is 0.117. The molecule has 4 nitrogen and oxygen atoms in total. The molecule has 0 bridgehead atoms. The van der Waals surface area contributed by atoms with E-state index >= 15 is 0 Å². The van der Waals surface area contributed by atoms with Gasteiger partial charge in [0, 0.05) is 13.1 Å². The minimum Gasteiger partial charge on any atom is -0.336 e. The summed E-state index contributed by atoms with van der Waals surface area (Å²) in [6.45, 7) is 1.07. The first kappa shape index (κ1) is 10.4. The second-order valence-electron chi connectivity index (χ2n) is 4.95. The molecular formula is C13H14N2O2. The van der Waals surface area contributed by atoms with Crippen LogP contribution in [0.4, 0.5) is 0 Å². The zero-order valence-corrected chi connectivity index (χ0v) is 9.50. The summed E-state index contributed by atoms with van der Waals surface area (Å²) in [6.07, 6.45) is 1.65. The van der Waals surface area contributed by atoms with Crippen molar-refractivity contribution in [3.05, 3.63) is 40.8 Å². The van der Waals surface area contributed by atoms with Gasteiger partial charge >= 0.3 is 0 Å². The minimum atomic E-state index is -0.420. The lowest BCUT2D eigenvalue weighted by molar-refractivity contribution is -0.132. The van der Waals surface area contributed by atoms with Crippen LogP contribution in [-0.2, 0) is 11.3 Å². The minimum absolute atomic E-state index is 0.117. The highest BCUT2D eigenvalue weighted by Crippen LogP contribution is 2.55. The van der Waals surface area contributed by atoms with Gasteiger partial charge in [0.1, 0.15) is 6.04 Å². The highest BCUT2D eigenvalue weighted by molar-refractivity contribution is 5.88. The van der Waals surface area contributed by atoms with E-state index in [0.717, 1.165) is 18.4 Å². The number of rotatable bonds is 3. The van der Waals surface area contributed by atoms with Crippen molar-refractivity contribution in [3.8, 4) is 0 Å². The second kappa shape index (κ2) is 3.65. The van der Waals surface area contributed by atoms with Gasteiger partial charge in [-0.25, -0.2) is 0 Å². The molecule has 1 atom stereocenters. The quantitative estimate of drug-likeness (QED) is 0.745. The summed E-state index contributed by atoms with van der Waals surface area (Å²) in [7, 11) is 0. The standard InChI is InChI=1S/C13H14N2O2/c16-12-13(6-7-13)11(14-17)9-15(12)8-10-4-2-1-3-5-10/h1-5,11H,6-9H2. The number of benzene rings is 1. The normalized spacial score (nSPS) is 25.3. The Balaban J connectivity index is 1.78. The van der Waals surface area contributed by atoms with Crippen LogP contribution >= 0.6 is 0 Å². The Morgan fingerprint density at radius 1 is 1.29 bits per heavy atom. The average Bonchev–Trinajstić information content (AvgIpc) is 3.11. The van der Waals surface area contributed by atoms with E-state index in [4.69, 9.17) is 0 Å². The van der Waals surface area contributed by atoms with E-state index in [1.165, 1.54) is 0 Å². The van der Waals surface area contributed by atoms with E-state index in [1.807, 2.05) is 30.3 Å². The SMILES string of the molecule is O=NC1CN(Cc2ccccc2)C(=O)C12CC2. The van der Waals surface area contributed by atoms with Gasteiger partial charge in [-0.2, -0.15) is 4.91 Å². The molecule has 4 heteroatoms. The maximum atomic E-state index is 12.2. The second-order valence-corrected chi connectivity index (χ2v) is 4.95. The number of likely N-dealkylation sites (tertiary alicyclic amines) is 1. The number of hydrogen-bond donors (Lipinski definition) is 0. The Bertz CT molecular complexity index is 454. The van der Waals surface area contributed by atoms with Crippen molar-refractivity contribution in [2.45, 2.75) is 25.4 Å². The predicted molar refractivity (Wildman–Crippen MR) is 63.1 cm³/mol. The van der Waals surface area contributed by atoms with Crippen molar-refractivity contribution in [1.29, 1.82) is 0 Å². The maximum absolute atomic E-state index is 12.2. The van der Waals surface area contributed by atoms with E-state index in [-0.39, 0.29) is 11.9 Å². The van der Waals surface area contributed by atoms with Gasteiger partial charge in [-0.15, -0.1) is 0 Å². The van der Waals surface area contributed by atoms with Crippen LogP contribution in [0.1, 0.15) is 18.4 Å². The van der Waals surface area contributed by atoms with E-state index in [0.29, 0.717) is 13.1 Å². The van der Waals surface area contributed by atoms with E-state index < -0.39 is 5.41 Å². The molecule has 17 heavy (non-hydrogen) atoms. The lowest BCUT2D eigenvalue weighted by atomic mass is 10.0. The van der Waals surface area contributed by atoms with Gasteiger partial charge < -0.3 is 4.90 Å². The van der Waals surface area contributed by atoms with Crippen molar-refractivity contribution < 1.29 is 4.79 Å². The summed E-state index contributed by atoms with van der Waals surface area (Å²) in [4.78, 5) is 24.7. The summed E-state index contributed by atoms with van der Waals surface area (Å²) >= 11 is 0. The third-order valence-electron chi connectivity index (χ3n) is 3.88. The third-order valence-corrected chi connectivity index (χ3v) is 3.88. The molecule has 2 aliphatic rings. The van der Waals surface area contributed by atoms with Crippen molar-refractivity contribution >= 4 is 5.91 Å². The summed E-state index contributed by atoms with van der Waals surface area (Å²) in [6, 6.07) is 9.52. The van der Waals surface area contributed by atoms with Crippen molar-refractivity contribution in [2.24, 2.45) is 10.6 Å². The van der Waals surface area contributed by atoms with Crippen LogP contribution in [0, 0.1) is 10.3 Å². The Hall–Kier alpha value is -1.71.